The third-order valence-corrected chi connectivity index (χ3v) is 3.76. The van der Waals surface area contributed by atoms with E-state index in [9.17, 15) is 8.42 Å². The van der Waals surface area contributed by atoms with Gasteiger partial charge in [-0.05, 0) is 19.4 Å². The van der Waals surface area contributed by atoms with Crippen LogP contribution in [0.1, 0.15) is 38.5 Å². The molecule has 0 bridgehead atoms. The third-order valence-electron chi connectivity index (χ3n) is 2.96. The minimum absolute atomic E-state index is 0.107. The Bertz CT molecular complexity index is 288. The van der Waals surface area contributed by atoms with Crippen molar-refractivity contribution in [2.75, 3.05) is 38.6 Å². The summed E-state index contributed by atoms with van der Waals surface area (Å²) < 4.78 is 29.5. The average molecular weight is 297 g/mol. The van der Waals surface area contributed by atoms with E-state index in [2.05, 4.69) is 0 Å². The van der Waals surface area contributed by atoms with Crippen molar-refractivity contribution in [2.45, 2.75) is 38.5 Å². The molecule has 0 aromatic rings. The fraction of sp³-hybridized carbons (Fsp3) is 1.00. The van der Waals surface area contributed by atoms with E-state index in [0.717, 1.165) is 38.6 Å². The van der Waals surface area contributed by atoms with Crippen molar-refractivity contribution in [3.63, 3.8) is 0 Å². The summed E-state index contributed by atoms with van der Waals surface area (Å²) >= 11 is 0. The van der Waals surface area contributed by atoms with E-state index in [0.29, 0.717) is 19.5 Å². The Kier molecular flexibility index (Phi) is 11.5. The monoisotopic (exact) mass is 297 g/mol. The predicted molar refractivity (Wildman–Crippen MR) is 74.7 cm³/mol. The van der Waals surface area contributed by atoms with Gasteiger partial charge in [0.05, 0.1) is 19.0 Å². The van der Waals surface area contributed by atoms with E-state index in [-0.39, 0.29) is 19.0 Å². The van der Waals surface area contributed by atoms with Crippen molar-refractivity contribution in [1.82, 2.24) is 4.90 Å². The van der Waals surface area contributed by atoms with Crippen molar-refractivity contribution >= 4 is 10.1 Å². The molecule has 0 radical (unpaired) electrons. The number of hydrogen-bond acceptors (Lipinski definition) is 5. The van der Waals surface area contributed by atoms with Gasteiger partial charge in [-0.3, -0.25) is 9.45 Å². The standard InChI is InChI=1S/C12H27NO5S/c14-10-8-13(9-11-15)7-5-3-1-2-4-6-12-19(16,17)18/h14-15H,1-12H2,(H,16,17,18). The molecule has 0 aliphatic rings. The molecule has 0 amide bonds. The third kappa shape index (κ3) is 14.0. The summed E-state index contributed by atoms with van der Waals surface area (Å²) in [5.41, 5.74) is 0. The molecule has 0 atom stereocenters. The minimum Gasteiger partial charge on any atom is -0.395 e. The lowest BCUT2D eigenvalue weighted by Gasteiger charge is -2.19. The van der Waals surface area contributed by atoms with Crippen molar-refractivity contribution < 1.29 is 23.2 Å². The molecule has 0 saturated heterocycles. The first-order valence-corrected chi connectivity index (χ1v) is 8.49. The van der Waals surface area contributed by atoms with E-state index in [1.54, 1.807) is 0 Å². The maximum absolute atomic E-state index is 10.5. The molecule has 0 spiro atoms. The van der Waals surface area contributed by atoms with Gasteiger partial charge in [0.15, 0.2) is 0 Å². The maximum Gasteiger partial charge on any atom is 0.264 e. The zero-order valence-corrected chi connectivity index (χ0v) is 12.3. The number of aliphatic hydroxyl groups is 2. The smallest absolute Gasteiger partial charge is 0.264 e. The fourth-order valence-corrected chi connectivity index (χ4v) is 2.51. The van der Waals surface area contributed by atoms with Crippen molar-refractivity contribution in [3.05, 3.63) is 0 Å². The first-order valence-electron chi connectivity index (χ1n) is 6.89. The van der Waals surface area contributed by atoms with Crippen molar-refractivity contribution in [1.29, 1.82) is 0 Å². The first-order chi connectivity index (χ1) is 8.99. The van der Waals surface area contributed by atoms with Gasteiger partial charge in [0.25, 0.3) is 10.1 Å². The van der Waals surface area contributed by atoms with Crippen LogP contribution in [0.3, 0.4) is 0 Å². The number of rotatable bonds is 13. The van der Waals surface area contributed by atoms with Gasteiger partial charge in [0.1, 0.15) is 0 Å². The maximum atomic E-state index is 10.5. The molecule has 0 unspecified atom stereocenters. The fourth-order valence-electron chi connectivity index (χ4n) is 1.95. The van der Waals surface area contributed by atoms with Gasteiger partial charge >= 0.3 is 0 Å². The van der Waals surface area contributed by atoms with Crippen LogP contribution in [0, 0.1) is 0 Å². The van der Waals surface area contributed by atoms with Crippen LogP contribution in [0.25, 0.3) is 0 Å². The number of nitrogens with zero attached hydrogens (tertiary/aromatic N) is 1. The number of aliphatic hydroxyl groups excluding tert-OH is 2. The van der Waals surface area contributed by atoms with E-state index < -0.39 is 10.1 Å². The van der Waals surface area contributed by atoms with Gasteiger partial charge in [0.2, 0.25) is 0 Å². The van der Waals surface area contributed by atoms with E-state index in [4.69, 9.17) is 14.8 Å². The highest BCUT2D eigenvalue weighted by Crippen LogP contribution is 2.07. The van der Waals surface area contributed by atoms with E-state index in [1.165, 1.54) is 0 Å². The molecule has 0 aliphatic heterocycles. The molecule has 0 rings (SSSR count). The lowest BCUT2D eigenvalue weighted by Crippen LogP contribution is -2.30. The highest BCUT2D eigenvalue weighted by Gasteiger charge is 2.04. The molecular formula is C12H27NO5S. The minimum atomic E-state index is -3.80. The van der Waals surface area contributed by atoms with Crippen LogP contribution in [-0.2, 0) is 10.1 Å². The number of hydrogen-bond donors (Lipinski definition) is 3. The summed E-state index contributed by atoms with van der Waals surface area (Å²) in [5, 5.41) is 17.7. The molecule has 0 aromatic heterocycles. The highest BCUT2D eigenvalue weighted by molar-refractivity contribution is 7.85. The van der Waals surface area contributed by atoms with Gasteiger partial charge < -0.3 is 10.2 Å². The SMILES string of the molecule is O=S(=O)(O)CCCCCCCCN(CCO)CCO. The Morgan fingerprint density at radius 3 is 1.68 bits per heavy atom. The Hall–Kier alpha value is -0.210. The van der Waals surface area contributed by atoms with Crippen molar-refractivity contribution in [2.24, 2.45) is 0 Å². The van der Waals surface area contributed by atoms with Crippen LogP contribution in [0.15, 0.2) is 0 Å². The van der Waals surface area contributed by atoms with Crippen molar-refractivity contribution in [3.8, 4) is 0 Å². The summed E-state index contributed by atoms with van der Waals surface area (Å²) in [4.78, 5) is 2.03. The Morgan fingerprint density at radius 1 is 0.737 bits per heavy atom. The second-order valence-electron chi connectivity index (χ2n) is 4.70. The zero-order chi connectivity index (χ0) is 14.6. The van der Waals surface area contributed by atoms with Crippen LogP contribution >= 0.6 is 0 Å². The lowest BCUT2D eigenvalue weighted by atomic mass is 10.1. The van der Waals surface area contributed by atoms with E-state index in [1.807, 2.05) is 4.90 Å². The van der Waals surface area contributed by atoms with Crippen LogP contribution < -0.4 is 0 Å². The van der Waals surface area contributed by atoms with Gasteiger partial charge in [-0.1, -0.05) is 25.7 Å². The summed E-state index contributed by atoms with van der Waals surface area (Å²) in [6.45, 7) is 2.27. The Balaban J connectivity index is 3.38. The highest BCUT2D eigenvalue weighted by atomic mass is 32.2. The molecule has 6 nitrogen and oxygen atoms in total. The quantitative estimate of drug-likeness (QED) is 0.338. The normalized spacial score (nSPS) is 12.2. The average Bonchev–Trinajstić information content (AvgIpc) is 2.31. The summed E-state index contributed by atoms with van der Waals surface area (Å²) in [5.74, 6) is -0.145. The second-order valence-corrected chi connectivity index (χ2v) is 6.27. The molecule has 0 fully saturated rings. The van der Waals surface area contributed by atoms with Gasteiger partial charge in [-0.25, -0.2) is 0 Å². The predicted octanol–water partition coefficient (Wildman–Crippen LogP) is 0.501. The van der Waals surface area contributed by atoms with Gasteiger partial charge in [-0.15, -0.1) is 0 Å². The van der Waals surface area contributed by atoms with Crippen LogP contribution in [0.5, 0.6) is 0 Å². The van der Waals surface area contributed by atoms with Gasteiger partial charge in [-0.2, -0.15) is 8.42 Å². The summed E-state index contributed by atoms with van der Waals surface area (Å²) in [7, 11) is -3.80. The topological polar surface area (TPSA) is 98.1 Å². The van der Waals surface area contributed by atoms with Crippen LogP contribution in [-0.4, -0.2) is 66.7 Å². The zero-order valence-electron chi connectivity index (χ0n) is 11.5. The first kappa shape index (κ1) is 18.8. The van der Waals surface area contributed by atoms with Gasteiger partial charge in [0, 0.05) is 13.1 Å². The number of unbranched alkanes of at least 4 members (excludes halogenated alkanes) is 5. The molecule has 0 aromatic carbocycles. The lowest BCUT2D eigenvalue weighted by molar-refractivity contribution is 0.159. The van der Waals surface area contributed by atoms with Crippen LogP contribution in [0.2, 0.25) is 0 Å². The van der Waals surface area contributed by atoms with E-state index >= 15 is 0 Å². The molecule has 0 heterocycles. The molecule has 0 saturated carbocycles. The summed E-state index contributed by atoms with van der Waals surface area (Å²) in [6, 6.07) is 0. The summed E-state index contributed by atoms with van der Waals surface area (Å²) in [6.07, 6.45) is 5.40. The molecule has 3 N–H and O–H groups in total. The van der Waals surface area contributed by atoms with Crippen LogP contribution in [0.4, 0.5) is 0 Å². The molecular weight excluding hydrogens is 270 g/mol. The largest absolute Gasteiger partial charge is 0.395 e. The Labute approximate surface area is 116 Å². The Morgan fingerprint density at radius 2 is 1.21 bits per heavy atom. The molecule has 7 heteroatoms. The molecule has 0 aliphatic carbocycles. The molecule has 19 heavy (non-hydrogen) atoms. The molecule has 116 valence electrons. The second kappa shape index (κ2) is 11.6.